The lowest BCUT2D eigenvalue weighted by atomic mass is 9.91. The minimum Gasteiger partial charge on any atom is -0.361 e. The van der Waals surface area contributed by atoms with Gasteiger partial charge in [-0.05, 0) is 32.6 Å². The van der Waals surface area contributed by atoms with Gasteiger partial charge in [0.05, 0.1) is 0 Å². The van der Waals surface area contributed by atoms with Crippen LogP contribution in [0.4, 0.5) is 0 Å². The van der Waals surface area contributed by atoms with Crippen molar-refractivity contribution < 1.29 is 14.1 Å². The predicted molar refractivity (Wildman–Crippen MR) is 76.6 cm³/mol. The fourth-order valence-electron chi connectivity index (χ4n) is 2.55. The van der Waals surface area contributed by atoms with E-state index in [1.54, 1.807) is 13.0 Å². The third kappa shape index (κ3) is 4.56. The predicted octanol–water partition coefficient (Wildman–Crippen LogP) is 0.489. The number of nitrogens with two attached hydrogens (primary N) is 1. The molecular weight excluding hydrogens is 272 g/mol. The fourth-order valence-corrected chi connectivity index (χ4v) is 2.55. The Hall–Kier alpha value is -1.89. The van der Waals surface area contributed by atoms with E-state index in [1.807, 2.05) is 0 Å². The summed E-state index contributed by atoms with van der Waals surface area (Å²) in [5.41, 5.74) is 5.66. The van der Waals surface area contributed by atoms with Gasteiger partial charge in [-0.25, -0.2) is 0 Å². The molecule has 7 nitrogen and oxygen atoms in total. The van der Waals surface area contributed by atoms with E-state index in [2.05, 4.69) is 15.8 Å². The molecule has 7 heteroatoms. The lowest BCUT2D eigenvalue weighted by molar-refractivity contribution is -0.121. The number of carbonyl (C=O) groups excluding carboxylic acids is 2. The molecule has 1 aromatic rings. The Labute approximate surface area is 123 Å². The van der Waals surface area contributed by atoms with E-state index < -0.39 is 0 Å². The summed E-state index contributed by atoms with van der Waals surface area (Å²) in [7, 11) is 0. The monoisotopic (exact) mass is 294 g/mol. The van der Waals surface area contributed by atoms with Crippen LogP contribution in [-0.2, 0) is 4.79 Å². The normalized spacial score (nSPS) is 21.8. The first-order chi connectivity index (χ1) is 10.1. The van der Waals surface area contributed by atoms with Gasteiger partial charge in [-0.1, -0.05) is 5.16 Å². The van der Waals surface area contributed by atoms with E-state index >= 15 is 0 Å². The maximum Gasteiger partial charge on any atom is 0.273 e. The van der Waals surface area contributed by atoms with Gasteiger partial charge in [-0.15, -0.1) is 0 Å². The third-order valence-corrected chi connectivity index (χ3v) is 3.66. The van der Waals surface area contributed by atoms with Crippen molar-refractivity contribution in [1.82, 2.24) is 15.8 Å². The molecule has 2 rings (SSSR count). The fraction of sp³-hybridized carbons (Fsp3) is 0.643. The minimum absolute atomic E-state index is 0.00283. The van der Waals surface area contributed by atoms with E-state index in [0.717, 1.165) is 25.7 Å². The summed E-state index contributed by atoms with van der Waals surface area (Å²) in [5, 5.41) is 9.62. The first-order valence-electron chi connectivity index (χ1n) is 7.32. The van der Waals surface area contributed by atoms with Gasteiger partial charge in [0.1, 0.15) is 5.76 Å². The molecule has 1 aliphatic rings. The summed E-state index contributed by atoms with van der Waals surface area (Å²) >= 11 is 0. The number of hydrogen-bond donors (Lipinski definition) is 3. The van der Waals surface area contributed by atoms with E-state index in [-0.39, 0.29) is 23.9 Å². The van der Waals surface area contributed by atoms with Gasteiger partial charge >= 0.3 is 0 Å². The van der Waals surface area contributed by atoms with Crippen molar-refractivity contribution in [3.63, 3.8) is 0 Å². The molecule has 2 amide bonds. The molecule has 0 atom stereocenters. The molecule has 4 N–H and O–H groups in total. The van der Waals surface area contributed by atoms with Crippen molar-refractivity contribution in [2.45, 2.75) is 51.1 Å². The molecule has 0 aromatic carbocycles. The Balaban J connectivity index is 1.74. The number of nitrogens with zero attached hydrogens (tertiary/aromatic N) is 1. The zero-order chi connectivity index (χ0) is 15.2. The van der Waals surface area contributed by atoms with E-state index in [4.69, 9.17) is 10.3 Å². The average molecular weight is 294 g/mol. The molecule has 0 unspecified atom stereocenters. The summed E-state index contributed by atoms with van der Waals surface area (Å²) < 4.78 is 4.89. The first-order valence-corrected chi connectivity index (χ1v) is 7.32. The van der Waals surface area contributed by atoms with Crippen LogP contribution in [0.5, 0.6) is 0 Å². The number of nitrogens with one attached hydrogen (secondary N) is 2. The molecule has 0 spiro atoms. The lowest BCUT2D eigenvalue weighted by Gasteiger charge is -2.29. The standard InChI is InChI=1S/C14H22N4O3/c1-9-8-12(18-21-9)14(20)17-11-4-2-10(3-5-11)16-13(19)6-7-15/h8,10-11H,2-7,15H2,1H3,(H,16,19)(H,17,20)/t10-,11-. The highest BCUT2D eigenvalue weighted by Crippen LogP contribution is 2.19. The van der Waals surface area contributed by atoms with Crippen LogP contribution < -0.4 is 16.4 Å². The van der Waals surface area contributed by atoms with Crippen molar-refractivity contribution >= 4 is 11.8 Å². The van der Waals surface area contributed by atoms with Crippen LogP contribution in [0.3, 0.4) is 0 Å². The summed E-state index contributed by atoms with van der Waals surface area (Å²) in [5.74, 6) is 0.414. The Bertz CT molecular complexity index is 492. The minimum atomic E-state index is -0.206. The van der Waals surface area contributed by atoms with Gasteiger partial charge in [-0.3, -0.25) is 9.59 Å². The van der Waals surface area contributed by atoms with Crippen LogP contribution in [0.2, 0.25) is 0 Å². The molecule has 0 aliphatic heterocycles. The van der Waals surface area contributed by atoms with Crippen LogP contribution >= 0.6 is 0 Å². The first kappa shape index (κ1) is 15.5. The zero-order valence-corrected chi connectivity index (χ0v) is 12.2. The van der Waals surface area contributed by atoms with Gasteiger partial charge in [0, 0.05) is 31.1 Å². The lowest BCUT2D eigenvalue weighted by Crippen LogP contribution is -2.44. The second-order valence-corrected chi connectivity index (χ2v) is 5.45. The quantitative estimate of drug-likeness (QED) is 0.732. The summed E-state index contributed by atoms with van der Waals surface area (Å²) in [6.07, 6.45) is 3.77. The number of hydrogen-bond acceptors (Lipinski definition) is 5. The van der Waals surface area contributed by atoms with Crippen LogP contribution in [0.25, 0.3) is 0 Å². The number of carbonyl (C=O) groups is 2. The summed E-state index contributed by atoms with van der Waals surface area (Å²) in [6.45, 7) is 2.12. The molecule has 1 fully saturated rings. The Morgan fingerprint density at radius 1 is 1.29 bits per heavy atom. The SMILES string of the molecule is Cc1cc(C(=O)N[C@H]2CC[C@H](NC(=O)CCN)CC2)no1. The third-order valence-electron chi connectivity index (χ3n) is 3.66. The topological polar surface area (TPSA) is 110 Å². The van der Waals surface area contributed by atoms with Crippen molar-refractivity contribution in [2.75, 3.05) is 6.54 Å². The Morgan fingerprint density at radius 3 is 2.43 bits per heavy atom. The van der Waals surface area contributed by atoms with Gasteiger partial charge in [0.25, 0.3) is 5.91 Å². The Kier molecular flexibility index (Phi) is 5.32. The van der Waals surface area contributed by atoms with Crippen molar-refractivity contribution in [3.05, 3.63) is 17.5 Å². The molecular formula is C14H22N4O3. The van der Waals surface area contributed by atoms with Gasteiger partial charge in [-0.2, -0.15) is 0 Å². The van der Waals surface area contributed by atoms with Crippen LogP contribution in [0.1, 0.15) is 48.4 Å². The number of rotatable bonds is 5. The van der Waals surface area contributed by atoms with Gasteiger partial charge in [0.2, 0.25) is 5.91 Å². The molecule has 116 valence electrons. The number of aromatic nitrogens is 1. The van der Waals surface area contributed by atoms with Crippen molar-refractivity contribution in [2.24, 2.45) is 5.73 Å². The second kappa shape index (κ2) is 7.21. The number of aryl methyl sites for hydroxylation is 1. The molecule has 1 heterocycles. The molecule has 0 bridgehead atoms. The highest BCUT2D eigenvalue weighted by molar-refractivity contribution is 5.92. The largest absolute Gasteiger partial charge is 0.361 e. The smallest absolute Gasteiger partial charge is 0.273 e. The second-order valence-electron chi connectivity index (χ2n) is 5.45. The highest BCUT2D eigenvalue weighted by Gasteiger charge is 2.24. The van der Waals surface area contributed by atoms with Gasteiger partial charge in [0.15, 0.2) is 5.69 Å². The zero-order valence-electron chi connectivity index (χ0n) is 12.2. The van der Waals surface area contributed by atoms with Crippen LogP contribution in [-0.4, -0.2) is 35.6 Å². The maximum absolute atomic E-state index is 12.0. The molecule has 21 heavy (non-hydrogen) atoms. The van der Waals surface area contributed by atoms with Crippen molar-refractivity contribution in [3.8, 4) is 0 Å². The molecule has 1 aliphatic carbocycles. The summed E-state index contributed by atoms with van der Waals surface area (Å²) in [6, 6.07) is 1.93. The van der Waals surface area contributed by atoms with E-state index in [9.17, 15) is 9.59 Å². The van der Waals surface area contributed by atoms with Crippen molar-refractivity contribution in [1.29, 1.82) is 0 Å². The van der Waals surface area contributed by atoms with E-state index in [1.165, 1.54) is 0 Å². The van der Waals surface area contributed by atoms with E-state index in [0.29, 0.717) is 24.4 Å². The van der Waals surface area contributed by atoms with Crippen LogP contribution in [0, 0.1) is 6.92 Å². The van der Waals surface area contributed by atoms with Gasteiger partial charge < -0.3 is 20.9 Å². The summed E-state index contributed by atoms with van der Waals surface area (Å²) in [4.78, 5) is 23.4. The highest BCUT2D eigenvalue weighted by atomic mass is 16.5. The molecule has 1 saturated carbocycles. The molecule has 0 saturated heterocycles. The molecule has 0 radical (unpaired) electrons. The van der Waals surface area contributed by atoms with Crippen LogP contribution in [0.15, 0.2) is 10.6 Å². The molecule has 1 aromatic heterocycles. The Morgan fingerprint density at radius 2 is 1.90 bits per heavy atom. The number of amides is 2. The maximum atomic E-state index is 12.0. The average Bonchev–Trinajstić information content (AvgIpc) is 2.88.